The van der Waals surface area contributed by atoms with E-state index in [1.165, 1.54) is 11.6 Å². The first-order valence-electron chi connectivity index (χ1n) is 15.0. The average Bonchev–Trinajstić information content (AvgIpc) is 3.56. The normalized spacial score (nSPS) is 17.8. The first-order chi connectivity index (χ1) is 21.3. The van der Waals surface area contributed by atoms with Gasteiger partial charge in [-0.3, -0.25) is 19.5 Å². The molecule has 45 heavy (non-hydrogen) atoms. The molecule has 3 aromatic rings. The van der Waals surface area contributed by atoms with Gasteiger partial charge in [0.15, 0.2) is 5.15 Å². The van der Waals surface area contributed by atoms with E-state index in [0.29, 0.717) is 41.7 Å². The number of likely N-dealkylation sites (tertiary alicyclic amines) is 2. The summed E-state index contributed by atoms with van der Waals surface area (Å²) < 4.78 is 1.91. The molecule has 1 aromatic heterocycles. The SMILES string of the molecule is C=CC(=O)N1CC(NC(=O)c2c(Cl)nc(CN=C(N)c3cc(C(C)(C)C)c(Cl)cc3N)n2[C@@H]2CCN(Cc3ccccc3)C2)C1. The van der Waals surface area contributed by atoms with Crippen molar-refractivity contribution in [2.75, 3.05) is 31.9 Å². The first kappa shape index (κ1) is 32.5. The zero-order valence-electron chi connectivity index (χ0n) is 25.9. The average molecular weight is 652 g/mol. The molecule has 2 aromatic carbocycles. The number of nitrogens with one attached hydrogen (secondary N) is 1. The van der Waals surface area contributed by atoms with Crippen molar-refractivity contribution in [3.63, 3.8) is 0 Å². The number of benzene rings is 2. The molecule has 10 nitrogen and oxygen atoms in total. The number of rotatable bonds is 9. The van der Waals surface area contributed by atoms with Gasteiger partial charge in [-0.05, 0) is 41.2 Å². The highest BCUT2D eigenvalue weighted by Gasteiger charge is 2.35. The summed E-state index contributed by atoms with van der Waals surface area (Å²) in [5.41, 5.74) is 16.0. The lowest BCUT2D eigenvalue weighted by atomic mass is 9.85. The van der Waals surface area contributed by atoms with E-state index in [0.717, 1.165) is 25.1 Å². The van der Waals surface area contributed by atoms with Gasteiger partial charge in [-0.2, -0.15) is 0 Å². The monoisotopic (exact) mass is 650 g/mol. The van der Waals surface area contributed by atoms with Gasteiger partial charge in [0, 0.05) is 55.0 Å². The Labute approximate surface area is 274 Å². The third-order valence-corrected chi connectivity index (χ3v) is 8.91. The molecule has 5 N–H and O–H groups in total. The molecule has 2 saturated heterocycles. The van der Waals surface area contributed by atoms with Gasteiger partial charge in [0.25, 0.3) is 5.91 Å². The number of aromatic nitrogens is 2. The Bertz CT molecular complexity index is 1620. The van der Waals surface area contributed by atoms with E-state index in [1.807, 2.05) is 28.8 Å². The van der Waals surface area contributed by atoms with Crippen molar-refractivity contribution in [3.05, 3.63) is 93.5 Å². The standard InChI is InChI=1S/C33H40Cl2N8O2/c1-5-28(44)42-17-21(18-42)39-32(45)29-30(35)40-27(43(29)22-11-12-41(19-22)16-20-9-7-6-8-10-20)15-38-31(37)23-13-24(33(2,3)4)25(34)14-26(23)36/h5-10,13-14,21-22H,1,11-12,15-19,36H2,2-4H3,(H2,37,38)(H,39,45)/t22-/m1/s1. The zero-order valence-corrected chi connectivity index (χ0v) is 27.4. The van der Waals surface area contributed by atoms with Crippen molar-refractivity contribution in [1.29, 1.82) is 0 Å². The number of aliphatic imine (C=N–C) groups is 1. The van der Waals surface area contributed by atoms with E-state index in [2.05, 4.69) is 59.7 Å². The maximum atomic E-state index is 13.7. The Kier molecular flexibility index (Phi) is 9.57. The van der Waals surface area contributed by atoms with Gasteiger partial charge in [-0.1, -0.05) is 80.9 Å². The van der Waals surface area contributed by atoms with Crippen LogP contribution in [0, 0.1) is 0 Å². The number of nitrogen functional groups attached to an aromatic ring is 1. The minimum atomic E-state index is -0.343. The van der Waals surface area contributed by atoms with Crippen LogP contribution in [0.4, 0.5) is 5.69 Å². The lowest BCUT2D eigenvalue weighted by molar-refractivity contribution is -0.130. The van der Waals surface area contributed by atoms with Crippen LogP contribution in [0.5, 0.6) is 0 Å². The number of nitrogens with zero attached hydrogens (tertiary/aromatic N) is 5. The number of carbonyl (C=O) groups is 2. The second kappa shape index (κ2) is 13.2. The Morgan fingerprint density at radius 1 is 1.16 bits per heavy atom. The van der Waals surface area contributed by atoms with E-state index in [4.69, 9.17) is 34.7 Å². The molecule has 1 atom stereocenters. The molecular formula is C33H40Cl2N8O2. The van der Waals surface area contributed by atoms with Gasteiger partial charge < -0.3 is 26.3 Å². The number of nitrogens with two attached hydrogens (primary N) is 2. The molecule has 3 heterocycles. The molecule has 0 bridgehead atoms. The van der Waals surface area contributed by atoms with Crippen LogP contribution in [0.15, 0.2) is 60.1 Å². The van der Waals surface area contributed by atoms with Gasteiger partial charge >= 0.3 is 0 Å². The number of carbonyl (C=O) groups excluding carboxylic acids is 2. The molecular weight excluding hydrogens is 611 g/mol. The third-order valence-electron chi connectivity index (χ3n) is 8.34. The van der Waals surface area contributed by atoms with Crippen molar-refractivity contribution in [3.8, 4) is 0 Å². The van der Waals surface area contributed by atoms with Crippen molar-refractivity contribution in [2.45, 2.75) is 57.8 Å². The zero-order chi connectivity index (χ0) is 32.5. The van der Waals surface area contributed by atoms with E-state index in [-0.39, 0.29) is 52.5 Å². The maximum absolute atomic E-state index is 13.7. The highest BCUT2D eigenvalue weighted by Crippen LogP contribution is 2.34. The second-order valence-corrected chi connectivity index (χ2v) is 13.5. The number of amides is 2. The van der Waals surface area contributed by atoms with Gasteiger partial charge in [0.1, 0.15) is 17.4 Å². The van der Waals surface area contributed by atoms with Crippen LogP contribution in [-0.2, 0) is 23.3 Å². The summed E-state index contributed by atoms with van der Waals surface area (Å²) in [6.45, 7) is 13.0. The number of hydrogen-bond donors (Lipinski definition) is 3. The van der Waals surface area contributed by atoms with Crippen molar-refractivity contribution in [1.82, 2.24) is 24.7 Å². The molecule has 0 aliphatic carbocycles. The minimum Gasteiger partial charge on any atom is -0.398 e. The fourth-order valence-corrected chi connectivity index (χ4v) is 6.65. The number of hydrogen-bond acceptors (Lipinski definition) is 6. The summed E-state index contributed by atoms with van der Waals surface area (Å²) >= 11 is 13.2. The van der Waals surface area contributed by atoms with Crippen LogP contribution >= 0.6 is 23.2 Å². The van der Waals surface area contributed by atoms with Crippen LogP contribution in [-0.4, -0.2) is 69.2 Å². The van der Waals surface area contributed by atoms with E-state index >= 15 is 0 Å². The van der Waals surface area contributed by atoms with Gasteiger partial charge in [0.05, 0.1) is 12.6 Å². The molecule has 0 saturated carbocycles. The number of halogens is 2. The van der Waals surface area contributed by atoms with Gasteiger partial charge in [0.2, 0.25) is 5.91 Å². The highest BCUT2D eigenvalue weighted by molar-refractivity contribution is 6.32. The largest absolute Gasteiger partial charge is 0.398 e. The maximum Gasteiger partial charge on any atom is 0.271 e. The summed E-state index contributed by atoms with van der Waals surface area (Å²) in [6.07, 6.45) is 2.07. The number of anilines is 1. The quantitative estimate of drug-likeness (QED) is 0.135. The smallest absolute Gasteiger partial charge is 0.271 e. The molecule has 2 fully saturated rings. The fraction of sp³-hybridized carbons (Fsp3) is 0.394. The molecule has 0 radical (unpaired) electrons. The van der Waals surface area contributed by atoms with Gasteiger partial charge in [-0.25, -0.2) is 4.98 Å². The Morgan fingerprint density at radius 3 is 2.53 bits per heavy atom. The topological polar surface area (TPSA) is 135 Å². The van der Waals surface area contributed by atoms with E-state index < -0.39 is 0 Å². The molecule has 12 heteroatoms. The molecule has 2 aliphatic rings. The first-order valence-corrected chi connectivity index (χ1v) is 15.8. The van der Waals surface area contributed by atoms with Gasteiger partial charge in [-0.15, -0.1) is 0 Å². The minimum absolute atomic E-state index is 0.0609. The predicted octanol–water partition coefficient (Wildman–Crippen LogP) is 4.55. The van der Waals surface area contributed by atoms with Crippen molar-refractivity contribution < 1.29 is 9.59 Å². The Hall–Kier alpha value is -3.86. The highest BCUT2D eigenvalue weighted by atomic mass is 35.5. The number of amidine groups is 1. The molecule has 5 rings (SSSR count). The molecule has 2 amide bonds. The third kappa shape index (κ3) is 7.19. The van der Waals surface area contributed by atoms with Crippen LogP contribution in [0.25, 0.3) is 0 Å². The lowest BCUT2D eigenvalue weighted by Crippen LogP contribution is -2.60. The van der Waals surface area contributed by atoms with Crippen LogP contribution in [0.1, 0.15) is 66.2 Å². The number of imidazole rings is 1. The Balaban J connectivity index is 1.43. The summed E-state index contributed by atoms with van der Waals surface area (Å²) in [5.74, 6) is 0.261. The van der Waals surface area contributed by atoms with Crippen LogP contribution in [0.2, 0.25) is 10.2 Å². The second-order valence-electron chi connectivity index (χ2n) is 12.7. The summed E-state index contributed by atoms with van der Waals surface area (Å²) in [6, 6.07) is 13.6. The van der Waals surface area contributed by atoms with Crippen molar-refractivity contribution in [2.24, 2.45) is 10.7 Å². The summed E-state index contributed by atoms with van der Waals surface area (Å²) in [4.78, 5) is 38.8. The van der Waals surface area contributed by atoms with Crippen LogP contribution in [0.3, 0.4) is 0 Å². The van der Waals surface area contributed by atoms with Crippen LogP contribution < -0.4 is 16.8 Å². The van der Waals surface area contributed by atoms with E-state index in [1.54, 1.807) is 11.0 Å². The molecule has 0 unspecified atom stereocenters. The Morgan fingerprint density at radius 2 is 1.87 bits per heavy atom. The van der Waals surface area contributed by atoms with E-state index in [9.17, 15) is 9.59 Å². The predicted molar refractivity (Wildman–Crippen MR) is 180 cm³/mol. The lowest BCUT2D eigenvalue weighted by Gasteiger charge is -2.39. The molecule has 2 aliphatic heterocycles. The summed E-state index contributed by atoms with van der Waals surface area (Å²) in [5, 5.41) is 3.68. The summed E-state index contributed by atoms with van der Waals surface area (Å²) in [7, 11) is 0. The molecule has 238 valence electrons. The fourth-order valence-electron chi connectivity index (χ4n) is 5.92. The van der Waals surface area contributed by atoms with Crippen molar-refractivity contribution >= 4 is 46.5 Å². The molecule has 0 spiro atoms.